The minimum absolute atomic E-state index is 0.00375. The maximum Gasteiger partial charge on any atom is 0.220 e. The number of aldehydes is 1. The lowest BCUT2D eigenvalue weighted by Crippen LogP contribution is -2.25. The highest BCUT2D eigenvalue weighted by Gasteiger charge is 2.19. The van der Waals surface area contributed by atoms with Crippen LogP contribution in [0.4, 0.5) is 0 Å². The molecule has 2 atom stereocenters. The summed E-state index contributed by atoms with van der Waals surface area (Å²) in [6.45, 7) is 4.06. The highest BCUT2D eigenvalue weighted by molar-refractivity contribution is 5.77. The molecule has 0 radical (unpaired) electrons. The second-order valence-electron chi connectivity index (χ2n) is 3.81. The van der Waals surface area contributed by atoms with E-state index < -0.39 is 0 Å². The van der Waals surface area contributed by atoms with E-state index in [1.807, 2.05) is 13.8 Å². The molecule has 0 aromatic carbocycles. The fourth-order valence-corrected chi connectivity index (χ4v) is 1.70. The molecule has 0 fully saturated rings. The fourth-order valence-electron chi connectivity index (χ4n) is 1.70. The lowest BCUT2D eigenvalue weighted by Gasteiger charge is -2.16. The number of primary amides is 1. The number of rotatable bonds is 8. The molecule has 2 N–H and O–H groups in total. The quantitative estimate of drug-likeness (QED) is 0.607. The van der Waals surface area contributed by atoms with Gasteiger partial charge in [0.2, 0.25) is 5.91 Å². The number of hydrogen-bond acceptors (Lipinski definition) is 2. The molecule has 0 bridgehead atoms. The monoisotopic (exact) mass is 199 g/mol. The Balaban J connectivity index is 4.10. The van der Waals surface area contributed by atoms with Crippen LogP contribution in [0, 0.1) is 11.8 Å². The van der Waals surface area contributed by atoms with Crippen molar-refractivity contribution in [2.75, 3.05) is 0 Å². The van der Waals surface area contributed by atoms with E-state index in [-0.39, 0.29) is 17.7 Å². The maximum atomic E-state index is 11.1. The molecule has 0 saturated carbocycles. The predicted octanol–water partition coefficient (Wildman–Crippen LogP) is 1.89. The smallest absolute Gasteiger partial charge is 0.220 e. The largest absolute Gasteiger partial charge is 0.369 e. The summed E-state index contributed by atoms with van der Waals surface area (Å²) in [5.74, 6) is -0.388. The van der Waals surface area contributed by atoms with Gasteiger partial charge in [-0.05, 0) is 19.3 Å². The van der Waals surface area contributed by atoms with E-state index in [9.17, 15) is 9.59 Å². The molecule has 0 aliphatic carbocycles. The van der Waals surface area contributed by atoms with Crippen LogP contribution in [0.15, 0.2) is 0 Å². The van der Waals surface area contributed by atoms with Gasteiger partial charge in [0.15, 0.2) is 0 Å². The third-order valence-corrected chi connectivity index (χ3v) is 2.48. The molecule has 82 valence electrons. The summed E-state index contributed by atoms with van der Waals surface area (Å²) in [7, 11) is 0. The standard InChI is InChI=1S/C11H21NO2/c1-3-5-9(8-13)7-10(6-4-2)11(12)14/h8-10H,3-7H2,1-2H3,(H2,12,14). The second kappa shape index (κ2) is 7.54. The first-order valence-electron chi connectivity index (χ1n) is 5.40. The molecule has 0 saturated heterocycles. The van der Waals surface area contributed by atoms with Gasteiger partial charge in [-0.1, -0.05) is 26.7 Å². The first-order valence-corrected chi connectivity index (χ1v) is 5.40. The van der Waals surface area contributed by atoms with E-state index >= 15 is 0 Å². The SMILES string of the molecule is CCCC(C=O)CC(CCC)C(N)=O. The van der Waals surface area contributed by atoms with E-state index in [0.717, 1.165) is 32.0 Å². The van der Waals surface area contributed by atoms with Crippen molar-refractivity contribution >= 4 is 12.2 Å². The lowest BCUT2D eigenvalue weighted by molar-refractivity contribution is -0.123. The molecule has 3 heteroatoms. The molecule has 14 heavy (non-hydrogen) atoms. The van der Waals surface area contributed by atoms with E-state index in [1.54, 1.807) is 0 Å². The van der Waals surface area contributed by atoms with Crippen LogP contribution in [0.5, 0.6) is 0 Å². The van der Waals surface area contributed by atoms with Crippen molar-refractivity contribution in [2.45, 2.75) is 46.0 Å². The van der Waals surface area contributed by atoms with Gasteiger partial charge in [0.25, 0.3) is 0 Å². The Morgan fingerprint density at radius 2 is 1.86 bits per heavy atom. The second-order valence-corrected chi connectivity index (χ2v) is 3.81. The van der Waals surface area contributed by atoms with Gasteiger partial charge in [-0.3, -0.25) is 4.79 Å². The first kappa shape index (κ1) is 13.1. The molecule has 0 aromatic heterocycles. The summed E-state index contributed by atoms with van der Waals surface area (Å²) >= 11 is 0. The van der Waals surface area contributed by atoms with Gasteiger partial charge in [-0.15, -0.1) is 0 Å². The summed E-state index contributed by atoms with van der Waals surface area (Å²) < 4.78 is 0. The van der Waals surface area contributed by atoms with Gasteiger partial charge in [-0.2, -0.15) is 0 Å². The number of hydrogen-bond donors (Lipinski definition) is 1. The molecular weight excluding hydrogens is 178 g/mol. The van der Waals surface area contributed by atoms with Crippen molar-refractivity contribution in [3.63, 3.8) is 0 Å². The summed E-state index contributed by atoms with van der Waals surface area (Å²) in [5.41, 5.74) is 5.27. The Kier molecular flexibility index (Phi) is 7.07. The van der Waals surface area contributed by atoms with Gasteiger partial charge < -0.3 is 10.5 Å². The minimum Gasteiger partial charge on any atom is -0.369 e. The Hall–Kier alpha value is -0.860. The minimum atomic E-state index is -0.269. The van der Waals surface area contributed by atoms with Crippen LogP contribution in [0.25, 0.3) is 0 Å². The van der Waals surface area contributed by atoms with E-state index in [1.165, 1.54) is 0 Å². The zero-order valence-corrected chi connectivity index (χ0v) is 9.16. The van der Waals surface area contributed by atoms with Crippen LogP contribution in [0.2, 0.25) is 0 Å². The molecule has 0 aliphatic rings. The Morgan fingerprint density at radius 1 is 1.29 bits per heavy atom. The van der Waals surface area contributed by atoms with Crippen molar-refractivity contribution in [2.24, 2.45) is 17.6 Å². The zero-order chi connectivity index (χ0) is 11.0. The topological polar surface area (TPSA) is 60.2 Å². The average molecular weight is 199 g/mol. The van der Waals surface area contributed by atoms with Crippen LogP contribution in [0.1, 0.15) is 46.0 Å². The Bertz CT molecular complexity index is 180. The Morgan fingerprint density at radius 3 is 2.21 bits per heavy atom. The van der Waals surface area contributed by atoms with Crippen molar-refractivity contribution in [1.29, 1.82) is 0 Å². The van der Waals surface area contributed by atoms with Crippen molar-refractivity contribution in [3.8, 4) is 0 Å². The van der Waals surface area contributed by atoms with E-state index in [4.69, 9.17) is 5.73 Å². The highest BCUT2D eigenvalue weighted by Crippen LogP contribution is 2.19. The van der Waals surface area contributed by atoms with Gasteiger partial charge in [0.05, 0.1) is 0 Å². The third-order valence-electron chi connectivity index (χ3n) is 2.48. The number of amides is 1. The van der Waals surface area contributed by atoms with Crippen LogP contribution >= 0.6 is 0 Å². The average Bonchev–Trinajstić information content (AvgIpc) is 2.15. The maximum absolute atomic E-state index is 11.1. The van der Waals surface area contributed by atoms with Gasteiger partial charge in [0, 0.05) is 11.8 Å². The molecule has 2 unspecified atom stereocenters. The van der Waals surface area contributed by atoms with Gasteiger partial charge in [-0.25, -0.2) is 0 Å². The number of carbonyl (C=O) groups is 2. The lowest BCUT2D eigenvalue weighted by atomic mass is 9.89. The summed E-state index contributed by atoms with van der Waals surface area (Å²) in [5, 5.41) is 0. The van der Waals surface area contributed by atoms with E-state index in [0.29, 0.717) is 6.42 Å². The third kappa shape index (κ3) is 5.00. The zero-order valence-electron chi connectivity index (χ0n) is 9.16. The predicted molar refractivity (Wildman–Crippen MR) is 56.7 cm³/mol. The van der Waals surface area contributed by atoms with Crippen molar-refractivity contribution < 1.29 is 9.59 Å². The van der Waals surface area contributed by atoms with Crippen molar-refractivity contribution in [3.05, 3.63) is 0 Å². The molecule has 0 rings (SSSR count). The fraction of sp³-hybridized carbons (Fsp3) is 0.818. The molecule has 0 aliphatic heterocycles. The molecular formula is C11H21NO2. The van der Waals surface area contributed by atoms with Gasteiger partial charge in [0.1, 0.15) is 6.29 Å². The van der Waals surface area contributed by atoms with Crippen LogP contribution in [-0.4, -0.2) is 12.2 Å². The van der Waals surface area contributed by atoms with Crippen LogP contribution in [0.3, 0.4) is 0 Å². The van der Waals surface area contributed by atoms with Crippen LogP contribution in [-0.2, 0) is 9.59 Å². The molecule has 0 heterocycles. The number of nitrogens with two attached hydrogens (primary N) is 1. The van der Waals surface area contributed by atoms with E-state index in [2.05, 4.69) is 0 Å². The summed E-state index contributed by atoms with van der Waals surface area (Å²) in [6, 6.07) is 0. The highest BCUT2D eigenvalue weighted by atomic mass is 16.1. The van der Waals surface area contributed by atoms with Gasteiger partial charge >= 0.3 is 0 Å². The Labute approximate surface area is 86.1 Å². The first-order chi connectivity index (χ1) is 6.65. The summed E-state index contributed by atoms with van der Waals surface area (Å²) in [4.78, 5) is 21.8. The summed E-state index contributed by atoms with van der Waals surface area (Å²) in [6.07, 6.45) is 5.14. The number of carbonyl (C=O) groups excluding carboxylic acids is 2. The molecule has 1 amide bonds. The molecule has 0 spiro atoms. The molecule has 3 nitrogen and oxygen atoms in total. The normalized spacial score (nSPS) is 14.7. The van der Waals surface area contributed by atoms with Crippen molar-refractivity contribution in [1.82, 2.24) is 0 Å². The molecule has 0 aromatic rings. The van der Waals surface area contributed by atoms with Crippen LogP contribution < -0.4 is 5.73 Å².